The third-order valence-corrected chi connectivity index (χ3v) is 6.49. The van der Waals surface area contributed by atoms with Crippen LogP contribution in [-0.4, -0.2) is 24.9 Å². The molecule has 0 saturated carbocycles. The van der Waals surface area contributed by atoms with Crippen molar-refractivity contribution < 1.29 is 0 Å². The maximum atomic E-state index is 13.7. The van der Waals surface area contributed by atoms with E-state index in [1.165, 1.54) is 17.3 Å². The van der Waals surface area contributed by atoms with Crippen LogP contribution in [0.1, 0.15) is 38.3 Å². The highest BCUT2D eigenvalue weighted by molar-refractivity contribution is 7.99. The van der Waals surface area contributed by atoms with Crippen molar-refractivity contribution in [3.63, 3.8) is 0 Å². The predicted molar refractivity (Wildman–Crippen MR) is 111 cm³/mol. The molecule has 3 aromatic rings. The Labute approximate surface area is 163 Å². The Hall–Kier alpha value is -2.34. The summed E-state index contributed by atoms with van der Waals surface area (Å²) < 4.78 is 3.51. The average Bonchev–Trinajstić information content (AvgIpc) is 3.04. The van der Waals surface area contributed by atoms with Gasteiger partial charge < -0.3 is 0 Å². The molecular formula is C21H24N4OS. The lowest BCUT2D eigenvalue weighted by Crippen LogP contribution is -2.37. The molecule has 2 aromatic heterocycles. The van der Waals surface area contributed by atoms with Gasteiger partial charge in [-0.15, -0.1) is 11.7 Å². The Kier molecular flexibility index (Phi) is 4.46. The van der Waals surface area contributed by atoms with Crippen molar-refractivity contribution in [1.29, 1.82) is 0 Å². The fraction of sp³-hybridized carbons (Fsp3) is 0.381. The maximum absolute atomic E-state index is 13.7. The molecule has 0 saturated heterocycles. The molecule has 0 aliphatic heterocycles. The zero-order valence-electron chi connectivity index (χ0n) is 16.0. The van der Waals surface area contributed by atoms with Gasteiger partial charge in [-0.25, -0.2) is 14.1 Å². The summed E-state index contributed by atoms with van der Waals surface area (Å²) >= 11 is 1.52. The number of aryl methyl sites for hydroxylation is 1. The molecule has 0 fully saturated rings. The molecule has 140 valence electrons. The fourth-order valence-corrected chi connectivity index (χ4v) is 4.66. The van der Waals surface area contributed by atoms with Crippen LogP contribution in [0.5, 0.6) is 0 Å². The number of aromatic nitrogens is 4. The Balaban J connectivity index is 2.11. The number of benzene rings is 1. The van der Waals surface area contributed by atoms with Crippen LogP contribution in [0.2, 0.25) is 0 Å². The van der Waals surface area contributed by atoms with E-state index in [1.807, 2.05) is 23.7 Å². The van der Waals surface area contributed by atoms with Gasteiger partial charge in [-0.05, 0) is 25.3 Å². The number of hydrogen-bond acceptors (Lipinski definition) is 4. The quantitative estimate of drug-likeness (QED) is 0.494. The Morgan fingerprint density at radius 3 is 2.81 bits per heavy atom. The van der Waals surface area contributed by atoms with E-state index in [1.54, 1.807) is 4.40 Å². The summed E-state index contributed by atoms with van der Waals surface area (Å²) in [5.74, 6) is 1.32. The molecule has 1 aliphatic carbocycles. The lowest BCUT2D eigenvalue weighted by Gasteiger charge is -2.35. The van der Waals surface area contributed by atoms with Crippen molar-refractivity contribution in [2.24, 2.45) is 0 Å². The highest BCUT2D eigenvalue weighted by Gasteiger charge is 2.38. The van der Waals surface area contributed by atoms with E-state index < -0.39 is 0 Å². The minimum atomic E-state index is -0.232. The molecular weight excluding hydrogens is 356 g/mol. The zero-order valence-corrected chi connectivity index (χ0v) is 16.8. The third-order valence-electron chi connectivity index (χ3n) is 5.56. The van der Waals surface area contributed by atoms with Crippen LogP contribution in [0.25, 0.3) is 17.0 Å². The normalized spacial score (nSPS) is 18.3. The fourth-order valence-electron chi connectivity index (χ4n) is 3.94. The molecule has 1 unspecified atom stereocenters. The van der Waals surface area contributed by atoms with E-state index >= 15 is 0 Å². The lowest BCUT2D eigenvalue weighted by molar-refractivity contribution is 0.439. The van der Waals surface area contributed by atoms with Gasteiger partial charge in [0.2, 0.25) is 5.78 Å². The molecule has 5 nitrogen and oxygen atoms in total. The molecule has 1 aromatic carbocycles. The standard InChI is InChI=1S/C21H24N4OS/c1-5-12-27-20-23-24(7-3)19-22-17-15-11-9-8-10-14(15)13-21(4,6-2)16(17)18(26)25(19)20/h5,8-11H,1,6-7,12-13H2,2-4H3. The highest BCUT2D eigenvalue weighted by atomic mass is 32.2. The van der Waals surface area contributed by atoms with E-state index in [0.29, 0.717) is 23.2 Å². The second-order valence-corrected chi connectivity index (χ2v) is 8.21. The summed E-state index contributed by atoms with van der Waals surface area (Å²) in [5, 5.41) is 5.32. The Bertz CT molecular complexity index is 1100. The second kappa shape index (κ2) is 6.68. The minimum Gasteiger partial charge on any atom is -0.268 e. The molecule has 6 heteroatoms. The molecule has 0 spiro atoms. The number of rotatable bonds is 5. The van der Waals surface area contributed by atoms with Gasteiger partial charge in [-0.3, -0.25) is 4.79 Å². The summed E-state index contributed by atoms with van der Waals surface area (Å²) in [4.78, 5) is 18.7. The smallest absolute Gasteiger partial charge is 0.265 e. The summed E-state index contributed by atoms with van der Waals surface area (Å²) in [7, 11) is 0. The van der Waals surface area contributed by atoms with Crippen molar-refractivity contribution in [2.75, 3.05) is 5.75 Å². The van der Waals surface area contributed by atoms with Gasteiger partial charge in [0, 0.05) is 23.3 Å². The largest absolute Gasteiger partial charge is 0.268 e. The van der Waals surface area contributed by atoms with Crippen molar-refractivity contribution in [2.45, 2.75) is 50.7 Å². The van der Waals surface area contributed by atoms with Crippen LogP contribution < -0.4 is 5.56 Å². The van der Waals surface area contributed by atoms with E-state index in [4.69, 9.17) is 4.98 Å². The third kappa shape index (κ3) is 2.65. The van der Waals surface area contributed by atoms with E-state index in [9.17, 15) is 4.79 Å². The van der Waals surface area contributed by atoms with Crippen LogP contribution >= 0.6 is 11.8 Å². The molecule has 4 rings (SSSR count). The number of nitrogens with zero attached hydrogens (tertiary/aromatic N) is 4. The number of hydrogen-bond donors (Lipinski definition) is 0. The lowest BCUT2D eigenvalue weighted by atomic mass is 9.69. The summed E-state index contributed by atoms with van der Waals surface area (Å²) in [6.07, 6.45) is 3.56. The van der Waals surface area contributed by atoms with Crippen molar-refractivity contribution in [3.05, 3.63) is 58.4 Å². The van der Waals surface area contributed by atoms with Crippen LogP contribution in [0.3, 0.4) is 0 Å². The minimum absolute atomic E-state index is 0.0140. The SMILES string of the molecule is C=CCSc1nn(CC)c2nc3c(c(=O)n12)C(C)(CC)Cc1ccccc1-3. The summed E-state index contributed by atoms with van der Waals surface area (Å²) in [6.45, 7) is 10.8. The molecule has 1 aliphatic rings. The molecule has 0 amide bonds. The first-order valence-corrected chi connectivity index (χ1v) is 10.4. The monoisotopic (exact) mass is 380 g/mol. The Morgan fingerprint density at radius 2 is 2.11 bits per heavy atom. The molecule has 0 radical (unpaired) electrons. The summed E-state index contributed by atoms with van der Waals surface area (Å²) in [6, 6.07) is 8.30. The first kappa shape index (κ1) is 18.0. The highest BCUT2D eigenvalue weighted by Crippen LogP contribution is 2.42. The number of thioether (sulfide) groups is 1. The molecule has 0 N–H and O–H groups in total. The van der Waals surface area contributed by atoms with Gasteiger partial charge in [0.1, 0.15) is 0 Å². The zero-order chi connectivity index (χ0) is 19.2. The Morgan fingerprint density at radius 1 is 1.33 bits per heavy atom. The van der Waals surface area contributed by atoms with E-state index in [-0.39, 0.29) is 11.0 Å². The maximum Gasteiger partial charge on any atom is 0.265 e. The summed E-state index contributed by atoms with van der Waals surface area (Å²) in [5.41, 5.74) is 3.75. The molecule has 2 heterocycles. The van der Waals surface area contributed by atoms with Crippen LogP contribution in [-0.2, 0) is 18.4 Å². The van der Waals surface area contributed by atoms with Gasteiger partial charge in [0.15, 0.2) is 5.16 Å². The van der Waals surface area contributed by atoms with E-state index in [0.717, 1.165) is 29.7 Å². The van der Waals surface area contributed by atoms with Crippen LogP contribution in [0.15, 0.2) is 46.9 Å². The second-order valence-electron chi connectivity index (χ2n) is 7.22. The molecule has 0 bridgehead atoms. The van der Waals surface area contributed by atoms with Gasteiger partial charge in [0.05, 0.1) is 11.3 Å². The van der Waals surface area contributed by atoms with E-state index in [2.05, 4.69) is 43.7 Å². The van der Waals surface area contributed by atoms with Gasteiger partial charge in [-0.1, -0.05) is 56.0 Å². The first-order valence-electron chi connectivity index (χ1n) is 9.40. The van der Waals surface area contributed by atoms with Crippen molar-refractivity contribution in [3.8, 4) is 11.3 Å². The molecule has 27 heavy (non-hydrogen) atoms. The van der Waals surface area contributed by atoms with Gasteiger partial charge >= 0.3 is 0 Å². The topological polar surface area (TPSA) is 52.2 Å². The van der Waals surface area contributed by atoms with Crippen LogP contribution in [0.4, 0.5) is 0 Å². The average molecular weight is 381 g/mol. The van der Waals surface area contributed by atoms with Gasteiger partial charge in [0.25, 0.3) is 5.56 Å². The molecule has 1 atom stereocenters. The predicted octanol–water partition coefficient (Wildman–Crippen LogP) is 4.08. The van der Waals surface area contributed by atoms with Gasteiger partial charge in [-0.2, -0.15) is 0 Å². The van der Waals surface area contributed by atoms with Crippen LogP contribution in [0, 0.1) is 0 Å². The first-order chi connectivity index (χ1) is 13.0. The van der Waals surface area contributed by atoms with Crippen molar-refractivity contribution in [1.82, 2.24) is 19.2 Å². The number of fused-ring (bicyclic) bond motifs is 4. The van der Waals surface area contributed by atoms with Crippen molar-refractivity contribution >= 4 is 17.5 Å².